The number of fused-ring (bicyclic) bond motifs is 1. The van der Waals surface area contributed by atoms with Crippen molar-refractivity contribution in [3.8, 4) is 0 Å². The normalized spacial score (nSPS) is 8.71. The van der Waals surface area contributed by atoms with E-state index in [1.165, 1.54) is 51.3 Å². The number of non-ortho nitro benzene ring substituents is 1. The van der Waals surface area contributed by atoms with Crippen LogP contribution in [0.5, 0.6) is 0 Å². The third-order valence-electron chi connectivity index (χ3n) is 5.70. The molecule has 6 rings (SSSR count). The minimum atomic E-state index is -1.06. The van der Waals surface area contributed by atoms with Crippen LogP contribution in [0.4, 0.5) is 5.69 Å². The van der Waals surface area contributed by atoms with Crippen molar-refractivity contribution in [2.45, 2.75) is 71.8 Å². The molecule has 2 aromatic carbocycles. The monoisotopic (exact) mass is 759 g/mol. The molecule has 4 heterocycles. The summed E-state index contributed by atoms with van der Waals surface area (Å²) in [5.74, 6) is -2.24. The van der Waals surface area contributed by atoms with Crippen LogP contribution in [0, 0.1) is 44.7 Å². The van der Waals surface area contributed by atoms with E-state index in [0.717, 1.165) is 15.3 Å². The third-order valence-corrected chi connectivity index (χ3v) is 7.55. The van der Waals surface area contributed by atoms with Gasteiger partial charge < -0.3 is 24.8 Å². The number of carbonyl (C=O) groups is 3. The number of thiophene rings is 2. The Morgan fingerprint density at radius 2 is 1.38 bits per heavy atom. The van der Waals surface area contributed by atoms with E-state index in [9.17, 15) is 24.5 Å². The fourth-order valence-corrected chi connectivity index (χ4v) is 4.87. The smallest absolute Gasteiger partial charge is 0.358 e. The summed E-state index contributed by atoms with van der Waals surface area (Å²) < 4.78 is 4.49. The number of nitro benzene ring substituents is 1. The van der Waals surface area contributed by atoms with Gasteiger partial charge in [-0.05, 0) is 82.0 Å². The quantitative estimate of drug-likeness (QED) is 0.0990. The second-order valence-electron chi connectivity index (χ2n) is 9.76. The maximum Gasteiger partial charge on any atom is 0.358 e. The van der Waals surface area contributed by atoms with Gasteiger partial charge in [-0.3, -0.25) is 10.1 Å². The van der Waals surface area contributed by atoms with Gasteiger partial charge >= 0.3 is 17.9 Å². The number of hydrogen-bond donors (Lipinski definition) is 4. The third kappa shape index (κ3) is 19.0. The van der Waals surface area contributed by atoms with Crippen molar-refractivity contribution in [2.24, 2.45) is 0 Å². The zero-order chi connectivity index (χ0) is 35.1. The number of benzene rings is 2. The highest BCUT2D eigenvalue weighted by atomic mass is 32.1. The zero-order valence-corrected chi connectivity index (χ0v) is 27.7. The number of aromatic nitrogens is 2. The Balaban J connectivity index is -0.000000271. The van der Waals surface area contributed by atoms with E-state index < -0.39 is 22.8 Å². The maximum absolute atomic E-state index is 10.2. The highest BCUT2D eigenvalue weighted by molar-refractivity contribution is 7.13. The first-order valence-corrected chi connectivity index (χ1v) is 15.4. The van der Waals surface area contributed by atoms with Crippen LogP contribution in [0.1, 0.15) is 94.3 Å². The molecule has 0 fully saturated rings. The van der Waals surface area contributed by atoms with Crippen molar-refractivity contribution in [3.05, 3.63) is 137 Å². The summed E-state index contributed by atoms with van der Waals surface area (Å²) in [7, 11) is 0. The first-order valence-electron chi connectivity index (χ1n) is 13.7. The van der Waals surface area contributed by atoms with Crippen molar-refractivity contribution < 1.29 is 39.1 Å². The molecule has 0 unspecified atom stereocenters. The van der Waals surface area contributed by atoms with Crippen LogP contribution >= 0.6 is 22.7 Å². The molecule has 0 saturated carbocycles. The van der Waals surface area contributed by atoms with Crippen molar-refractivity contribution >= 4 is 57.2 Å². The summed E-state index contributed by atoms with van der Waals surface area (Å²) in [4.78, 5) is 45.9. The fraction of sp³-hybridized carbons (Fsp3) is 0.263. The largest absolute Gasteiger partial charge is 0.478 e. The number of aromatic carboxylic acids is 3. The molecular formula is C38H53N3O9S2. The highest BCUT2D eigenvalue weighted by Crippen LogP contribution is 2.15. The highest BCUT2D eigenvalue weighted by Gasteiger charge is 2.07. The Morgan fingerprint density at radius 1 is 0.750 bits per heavy atom. The predicted octanol–water partition coefficient (Wildman–Crippen LogP) is 11.8. The lowest BCUT2D eigenvalue weighted by Gasteiger charge is -1.90. The Hall–Kier alpha value is -5.60. The van der Waals surface area contributed by atoms with E-state index in [4.69, 9.17) is 15.3 Å². The minimum absolute atomic E-state index is 0. The summed E-state index contributed by atoms with van der Waals surface area (Å²) in [5.41, 5.74) is 3.93. The number of nitro groups is 1. The molecule has 0 aliphatic carbocycles. The second-order valence-corrected chi connectivity index (χ2v) is 12.2. The Bertz CT molecular complexity index is 1820. The minimum Gasteiger partial charge on any atom is -0.478 e. The number of rotatable bonds is 4. The second kappa shape index (κ2) is 26.2. The lowest BCUT2D eigenvalue weighted by atomic mass is 10.2. The number of nitrogens with one attached hydrogen (secondary N) is 1. The molecule has 0 spiro atoms. The van der Waals surface area contributed by atoms with E-state index in [-0.39, 0.29) is 48.5 Å². The van der Waals surface area contributed by atoms with Crippen molar-refractivity contribution in [2.75, 3.05) is 0 Å². The molecule has 14 heteroatoms. The Morgan fingerprint density at radius 3 is 1.75 bits per heavy atom. The zero-order valence-electron chi connectivity index (χ0n) is 26.1. The molecule has 12 nitrogen and oxygen atoms in total. The molecule has 0 aliphatic rings. The summed E-state index contributed by atoms with van der Waals surface area (Å²) in [6.07, 6.45) is 1.96. The molecule has 0 saturated heterocycles. The molecule has 0 aliphatic heterocycles. The number of hydrogen-bond acceptors (Lipinski definition) is 9. The van der Waals surface area contributed by atoms with E-state index in [1.54, 1.807) is 42.6 Å². The van der Waals surface area contributed by atoms with Gasteiger partial charge in [0.2, 0.25) is 0 Å². The van der Waals surface area contributed by atoms with Gasteiger partial charge in [0.25, 0.3) is 5.69 Å². The van der Waals surface area contributed by atoms with E-state index in [0.29, 0.717) is 16.2 Å². The lowest BCUT2D eigenvalue weighted by molar-refractivity contribution is -0.384. The molecule has 0 amide bonds. The standard InChI is InChI=1S/C9H9N.C7H7NO2.2C6H6O2S.C5H5NO3.5CH4/c1-7-2-3-9-8(6-7)4-5-10-9;1-6-3-2-4-7(5-6)8(9)10;1-4-2-5(3-9-4)6(7)8;1-4-2-3-5(9-4)6(7)8;1-3-2-4(5(7)8)6-9-3;;;;;/h2-6,10H,1H3;2-5H,1H3;2*2-3H,1H3,(H,7,8);2H,1H3,(H,7,8);5*1H4. The molecular weight excluding hydrogens is 707 g/mol. The van der Waals surface area contributed by atoms with Crippen LogP contribution in [-0.2, 0) is 0 Å². The van der Waals surface area contributed by atoms with Crippen molar-refractivity contribution in [1.29, 1.82) is 0 Å². The topological polar surface area (TPSA) is 197 Å². The van der Waals surface area contributed by atoms with Crippen LogP contribution in [0.3, 0.4) is 0 Å². The van der Waals surface area contributed by atoms with Crippen LogP contribution in [0.15, 0.2) is 88.9 Å². The first-order chi connectivity index (χ1) is 22.2. The molecule has 52 heavy (non-hydrogen) atoms. The summed E-state index contributed by atoms with van der Waals surface area (Å²) in [6, 6.07) is 21.4. The van der Waals surface area contributed by atoms with Gasteiger partial charge in [0.15, 0.2) is 5.69 Å². The van der Waals surface area contributed by atoms with Crippen LogP contribution in [0.25, 0.3) is 10.9 Å². The average Bonchev–Trinajstić information content (AvgIpc) is 3.82. The van der Waals surface area contributed by atoms with Gasteiger partial charge in [-0.2, -0.15) is 0 Å². The fourth-order valence-electron chi connectivity index (χ4n) is 3.49. The molecule has 0 atom stereocenters. The van der Waals surface area contributed by atoms with Gasteiger partial charge in [0.1, 0.15) is 10.6 Å². The van der Waals surface area contributed by atoms with Gasteiger partial charge in [0, 0.05) is 45.0 Å². The first kappa shape index (κ1) is 53.2. The van der Waals surface area contributed by atoms with Gasteiger partial charge in [-0.1, -0.05) is 66.1 Å². The molecule has 4 aromatic heterocycles. The van der Waals surface area contributed by atoms with Crippen LogP contribution < -0.4 is 0 Å². The van der Waals surface area contributed by atoms with Crippen LogP contribution in [-0.4, -0.2) is 48.3 Å². The van der Waals surface area contributed by atoms with Crippen molar-refractivity contribution in [1.82, 2.24) is 10.1 Å². The molecule has 4 N–H and O–H groups in total. The van der Waals surface area contributed by atoms with E-state index >= 15 is 0 Å². The average molecular weight is 760 g/mol. The number of aryl methyl sites for hydroxylation is 5. The molecule has 286 valence electrons. The number of nitrogens with zero attached hydrogens (tertiary/aromatic N) is 2. The lowest BCUT2D eigenvalue weighted by Crippen LogP contribution is -1.94. The Labute approximate surface area is 314 Å². The summed E-state index contributed by atoms with van der Waals surface area (Å²) in [5, 5.41) is 41.4. The number of aromatic amines is 1. The van der Waals surface area contributed by atoms with E-state index in [1.807, 2.05) is 33.0 Å². The van der Waals surface area contributed by atoms with Crippen LogP contribution in [0.2, 0.25) is 0 Å². The molecule has 6 aromatic rings. The van der Waals surface area contributed by atoms with Gasteiger partial charge in [0.05, 0.1) is 10.5 Å². The number of carboxylic acids is 3. The molecule has 0 radical (unpaired) electrons. The number of carboxylic acid groups (broad SMARTS) is 3. The van der Waals surface area contributed by atoms with Gasteiger partial charge in [-0.25, -0.2) is 14.4 Å². The Kier molecular flexibility index (Phi) is 26.8. The predicted molar refractivity (Wildman–Crippen MR) is 215 cm³/mol. The molecule has 0 bridgehead atoms. The summed E-state index contributed by atoms with van der Waals surface area (Å²) in [6.45, 7) is 9.34. The van der Waals surface area contributed by atoms with Crippen molar-refractivity contribution in [3.63, 3.8) is 0 Å². The van der Waals surface area contributed by atoms with E-state index in [2.05, 4.69) is 45.9 Å². The SMILES string of the molecule is C.C.C.C.C.Cc1cc(C(=O)O)cs1.Cc1cc(C(=O)O)no1.Cc1ccc(C(=O)O)s1.Cc1ccc2[nH]ccc2c1.Cc1cccc([N+](=O)[O-])c1. The van der Waals surface area contributed by atoms with Gasteiger partial charge in [-0.15, -0.1) is 22.7 Å². The maximum atomic E-state index is 10.2. The number of H-pyrrole nitrogens is 1. The summed E-state index contributed by atoms with van der Waals surface area (Å²) >= 11 is 2.75.